The molecule has 2 aromatic rings. The Labute approximate surface area is 197 Å². The number of nitrogens with zero attached hydrogens (tertiary/aromatic N) is 2. The van der Waals surface area contributed by atoms with Crippen molar-refractivity contribution in [3.63, 3.8) is 0 Å². The van der Waals surface area contributed by atoms with Crippen LogP contribution in [-0.2, 0) is 4.74 Å². The Balaban J connectivity index is 1.69. The standard InChI is InChI=1S/C27H36N2O4/c1-20(2)7-6-9-24(28-15-17-32-18-16-28)27(30)29-23-8-4-5-10-26(23)33-19-25(29)21-11-13-22(31-3)14-12-21/h4-5,7-8,10-14,24-25,27,30H,6,9,15-19H2,1-3H3. The fourth-order valence-electron chi connectivity index (χ4n) is 4.78. The van der Waals surface area contributed by atoms with Crippen molar-refractivity contribution in [2.45, 2.75) is 45.0 Å². The first-order valence-corrected chi connectivity index (χ1v) is 11.9. The minimum atomic E-state index is -0.689. The molecule has 6 heteroatoms. The van der Waals surface area contributed by atoms with Gasteiger partial charge in [-0.2, -0.15) is 0 Å². The third kappa shape index (κ3) is 5.52. The molecule has 0 bridgehead atoms. The van der Waals surface area contributed by atoms with E-state index < -0.39 is 6.23 Å². The van der Waals surface area contributed by atoms with E-state index in [9.17, 15) is 5.11 Å². The van der Waals surface area contributed by atoms with Crippen LogP contribution in [-0.4, -0.2) is 62.3 Å². The molecule has 0 saturated carbocycles. The van der Waals surface area contributed by atoms with Gasteiger partial charge in [0.1, 0.15) is 24.3 Å². The SMILES string of the molecule is COc1ccc(C2COc3ccccc3N2C(O)C(CCC=C(C)C)N2CCOCC2)cc1. The summed E-state index contributed by atoms with van der Waals surface area (Å²) in [6.07, 6.45) is 3.38. The van der Waals surface area contributed by atoms with Gasteiger partial charge in [0.25, 0.3) is 0 Å². The average molecular weight is 453 g/mol. The van der Waals surface area contributed by atoms with Crippen LogP contribution in [0.15, 0.2) is 60.2 Å². The third-order valence-electron chi connectivity index (χ3n) is 6.54. The maximum Gasteiger partial charge on any atom is 0.143 e. The van der Waals surface area contributed by atoms with E-state index in [0.29, 0.717) is 19.8 Å². The number of allylic oxidation sites excluding steroid dienone is 2. The van der Waals surface area contributed by atoms with E-state index in [0.717, 1.165) is 48.7 Å². The van der Waals surface area contributed by atoms with Gasteiger partial charge in [-0.1, -0.05) is 35.9 Å². The normalized spacial score (nSPS) is 20.4. The predicted octanol–water partition coefficient (Wildman–Crippen LogP) is 4.40. The zero-order valence-electron chi connectivity index (χ0n) is 19.9. The smallest absolute Gasteiger partial charge is 0.143 e. The minimum absolute atomic E-state index is 0.0172. The van der Waals surface area contributed by atoms with Gasteiger partial charge < -0.3 is 24.2 Å². The highest BCUT2D eigenvalue weighted by Crippen LogP contribution is 2.41. The van der Waals surface area contributed by atoms with E-state index in [1.165, 1.54) is 5.57 Å². The number of ether oxygens (including phenoxy) is 3. The van der Waals surface area contributed by atoms with Crippen molar-refractivity contribution in [2.24, 2.45) is 0 Å². The molecule has 33 heavy (non-hydrogen) atoms. The maximum absolute atomic E-state index is 12.0. The molecule has 0 aliphatic carbocycles. The quantitative estimate of drug-likeness (QED) is 0.599. The predicted molar refractivity (Wildman–Crippen MR) is 131 cm³/mol. The number of rotatable bonds is 8. The largest absolute Gasteiger partial charge is 0.497 e. The van der Waals surface area contributed by atoms with Crippen LogP contribution in [0.3, 0.4) is 0 Å². The van der Waals surface area contributed by atoms with Gasteiger partial charge in [-0.15, -0.1) is 0 Å². The summed E-state index contributed by atoms with van der Waals surface area (Å²) in [4.78, 5) is 4.54. The molecule has 178 valence electrons. The lowest BCUT2D eigenvalue weighted by Gasteiger charge is -2.47. The summed E-state index contributed by atoms with van der Waals surface area (Å²) in [6.45, 7) is 7.78. The van der Waals surface area contributed by atoms with E-state index in [-0.39, 0.29) is 12.1 Å². The van der Waals surface area contributed by atoms with E-state index >= 15 is 0 Å². The molecule has 6 nitrogen and oxygen atoms in total. The molecule has 2 aliphatic heterocycles. The first-order chi connectivity index (χ1) is 16.1. The van der Waals surface area contributed by atoms with Gasteiger partial charge in [0.15, 0.2) is 0 Å². The van der Waals surface area contributed by atoms with Crippen LogP contribution in [0.1, 0.15) is 38.3 Å². The molecule has 2 heterocycles. The average Bonchev–Trinajstić information content (AvgIpc) is 2.86. The van der Waals surface area contributed by atoms with Crippen LogP contribution in [0, 0.1) is 0 Å². The highest BCUT2D eigenvalue weighted by molar-refractivity contribution is 5.62. The Kier molecular flexibility index (Phi) is 7.91. The minimum Gasteiger partial charge on any atom is -0.497 e. The van der Waals surface area contributed by atoms with Crippen LogP contribution in [0.2, 0.25) is 0 Å². The van der Waals surface area contributed by atoms with E-state index in [2.05, 4.69) is 41.9 Å². The summed E-state index contributed by atoms with van der Waals surface area (Å²) in [5, 5.41) is 12.0. The Morgan fingerprint density at radius 2 is 1.85 bits per heavy atom. The van der Waals surface area contributed by atoms with E-state index in [4.69, 9.17) is 14.2 Å². The van der Waals surface area contributed by atoms with Crippen LogP contribution >= 0.6 is 0 Å². The molecule has 1 N–H and O–H groups in total. The summed E-state index contributed by atoms with van der Waals surface area (Å²) >= 11 is 0. The Morgan fingerprint density at radius 1 is 1.12 bits per heavy atom. The molecule has 3 atom stereocenters. The number of fused-ring (bicyclic) bond motifs is 1. The van der Waals surface area contributed by atoms with Gasteiger partial charge in [-0.25, -0.2) is 0 Å². The summed E-state index contributed by atoms with van der Waals surface area (Å²) in [5.74, 6) is 1.63. The van der Waals surface area contributed by atoms with E-state index in [1.807, 2.05) is 36.4 Å². The lowest BCUT2D eigenvalue weighted by atomic mass is 9.98. The maximum atomic E-state index is 12.0. The monoisotopic (exact) mass is 452 g/mol. The number of methoxy groups -OCH3 is 1. The Bertz CT molecular complexity index is 920. The molecular formula is C27H36N2O4. The summed E-state index contributed by atoms with van der Waals surface area (Å²) in [7, 11) is 1.67. The van der Waals surface area contributed by atoms with Gasteiger partial charge in [0.2, 0.25) is 0 Å². The first kappa shape index (κ1) is 23.6. The molecule has 0 amide bonds. The second-order valence-electron chi connectivity index (χ2n) is 8.96. The van der Waals surface area contributed by atoms with Crippen LogP contribution in [0.4, 0.5) is 5.69 Å². The van der Waals surface area contributed by atoms with Crippen LogP contribution in [0.5, 0.6) is 11.5 Å². The highest BCUT2D eigenvalue weighted by Gasteiger charge is 2.38. The molecule has 3 unspecified atom stereocenters. The molecule has 1 saturated heterocycles. The molecule has 2 aliphatic rings. The molecule has 1 fully saturated rings. The van der Waals surface area contributed by atoms with Crippen molar-refractivity contribution >= 4 is 5.69 Å². The Morgan fingerprint density at radius 3 is 2.55 bits per heavy atom. The molecule has 0 aromatic heterocycles. The van der Waals surface area contributed by atoms with Crippen molar-refractivity contribution in [3.05, 3.63) is 65.7 Å². The van der Waals surface area contributed by atoms with Gasteiger partial charge in [-0.05, 0) is 56.5 Å². The molecule has 0 radical (unpaired) electrons. The number of para-hydroxylation sites is 2. The highest BCUT2D eigenvalue weighted by atomic mass is 16.5. The topological polar surface area (TPSA) is 54.4 Å². The Hall–Kier alpha value is -2.54. The number of aliphatic hydroxyl groups excluding tert-OH is 1. The third-order valence-corrected chi connectivity index (χ3v) is 6.54. The van der Waals surface area contributed by atoms with E-state index in [1.54, 1.807) is 7.11 Å². The first-order valence-electron chi connectivity index (χ1n) is 11.9. The number of benzene rings is 2. The van der Waals surface area contributed by atoms with Gasteiger partial charge in [-0.3, -0.25) is 4.90 Å². The lowest BCUT2D eigenvalue weighted by Crippen LogP contribution is -2.57. The van der Waals surface area contributed by atoms with Crippen molar-refractivity contribution in [2.75, 3.05) is 44.9 Å². The zero-order valence-corrected chi connectivity index (χ0v) is 19.9. The van der Waals surface area contributed by atoms with Gasteiger partial charge >= 0.3 is 0 Å². The second-order valence-corrected chi connectivity index (χ2v) is 8.96. The van der Waals surface area contributed by atoms with Gasteiger partial charge in [0.05, 0.1) is 38.1 Å². The van der Waals surface area contributed by atoms with Crippen molar-refractivity contribution in [3.8, 4) is 11.5 Å². The van der Waals surface area contributed by atoms with Crippen molar-refractivity contribution < 1.29 is 19.3 Å². The molecular weight excluding hydrogens is 416 g/mol. The summed E-state index contributed by atoms with van der Waals surface area (Å²) in [5.41, 5.74) is 3.32. The van der Waals surface area contributed by atoms with Gasteiger partial charge in [0, 0.05) is 13.1 Å². The fraction of sp³-hybridized carbons (Fsp3) is 0.481. The van der Waals surface area contributed by atoms with Crippen LogP contribution in [0.25, 0.3) is 0 Å². The number of aliphatic hydroxyl groups is 1. The number of hydrogen-bond acceptors (Lipinski definition) is 6. The molecule has 4 rings (SSSR count). The summed E-state index contributed by atoms with van der Waals surface area (Å²) < 4.78 is 17.1. The second kappa shape index (κ2) is 11.1. The van der Waals surface area contributed by atoms with Crippen LogP contribution < -0.4 is 14.4 Å². The number of anilines is 1. The number of hydrogen-bond donors (Lipinski definition) is 1. The van der Waals surface area contributed by atoms with Crippen molar-refractivity contribution in [1.82, 2.24) is 4.90 Å². The number of morpholine rings is 1. The fourth-order valence-corrected chi connectivity index (χ4v) is 4.78. The lowest BCUT2D eigenvalue weighted by molar-refractivity contribution is -0.0288. The summed E-state index contributed by atoms with van der Waals surface area (Å²) in [6, 6.07) is 15.9. The van der Waals surface area contributed by atoms with Crippen molar-refractivity contribution in [1.29, 1.82) is 0 Å². The molecule has 0 spiro atoms. The zero-order chi connectivity index (χ0) is 23.2. The molecule has 2 aromatic carbocycles.